The first kappa shape index (κ1) is 16.7. The molecule has 0 fully saturated rings. The van der Waals surface area contributed by atoms with Crippen molar-refractivity contribution in [3.8, 4) is 5.75 Å². The fourth-order valence-corrected chi connectivity index (χ4v) is 4.02. The van der Waals surface area contributed by atoms with Gasteiger partial charge in [-0.05, 0) is 35.9 Å². The molecule has 2 unspecified atom stereocenters. The summed E-state index contributed by atoms with van der Waals surface area (Å²) in [4.78, 5) is 0. The SMILES string of the molecule is Clc1ccc(C2=NN3C(C2)c2cc(Cl)ccc2OC3c2ccccc2)cc1. The molecule has 2 aliphatic heterocycles. The van der Waals surface area contributed by atoms with E-state index in [4.69, 9.17) is 33.0 Å². The predicted molar refractivity (Wildman–Crippen MR) is 108 cm³/mol. The Morgan fingerprint density at radius 1 is 0.889 bits per heavy atom. The van der Waals surface area contributed by atoms with Crippen LogP contribution in [-0.2, 0) is 0 Å². The highest BCUT2D eigenvalue weighted by atomic mass is 35.5. The lowest BCUT2D eigenvalue weighted by Gasteiger charge is -2.38. The van der Waals surface area contributed by atoms with Crippen molar-refractivity contribution < 1.29 is 4.74 Å². The molecule has 0 N–H and O–H groups in total. The van der Waals surface area contributed by atoms with Crippen molar-refractivity contribution in [3.63, 3.8) is 0 Å². The molecule has 134 valence electrons. The summed E-state index contributed by atoms with van der Waals surface area (Å²) in [5.41, 5.74) is 4.24. The second kappa shape index (κ2) is 6.59. The lowest BCUT2D eigenvalue weighted by atomic mass is 9.96. The van der Waals surface area contributed by atoms with Gasteiger partial charge in [0.05, 0.1) is 11.8 Å². The summed E-state index contributed by atoms with van der Waals surface area (Å²) in [6.45, 7) is 0. The number of halogens is 2. The number of hydrazone groups is 1. The summed E-state index contributed by atoms with van der Waals surface area (Å²) < 4.78 is 6.33. The number of nitrogens with zero attached hydrogens (tertiary/aromatic N) is 2. The highest BCUT2D eigenvalue weighted by Gasteiger charge is 2.41. The van der Waals surface area contributed by atoms with E-state index in [1.165, 1.54) is 0 Å². The van der Waals surface area contributed by atoms with Crippen molar-refractivity contribution in [2.24, 2.45) is 5.10 Å². The lowest BCUT2D eigenvalue weighted by molar-refractivity contribution is -0.0190. The molecule has 0 saturated heterocycles. The zero-order valence-corrected chi connectivity index (χ0v) is 15.9. The number of ether oxygens (including phenoxy) is 1. The zero-order chi connectivity index (χ0) is 18.4. The van der Waals surface area contributed by atoms with Crippen LogP contribution in [0.4, 0.5) is 0 Å². The molecule has 0 amide bonds. The van der Waals surface area contributed by atoms with Gasteiger partial charge in [0.2, 0.25) is 6.23 Å². The molecule has 5 heteroatoms. The molecule has 2 aliphatic rings. The third-order valence-electron chi connectivity index (χ3n) is 5.01. The first-order valence-electron chi connectivity index (χ1n) is 8.82. The van der Waals surface area contributed by atoms with Gasteiger partial charge in [0.25, 0.3) is 0 Å². The third kappa shape index (κ3) is 2.97. The minimum Gasteiger partial charge on any atom is -0.464 e. The summed E-state index contributed by atoms with van der Waals surface area (Å²) in [5.74, 6) is 0.863. The van der Waals surface area contributed by atoms with E-state index >= 15 is 0 Å². The lowest BCUT2D eigenvalue weighted by Crippen LogP contribution is -2.33. The molecule has 0 radical (unpaired) electrons. The van der Waals surface area contributed by atoms with Gasteiger partial charge in [0.15, 0.2) is 0 Å². The standard InChI is InChI=1S/C22H16Cl2N2O/c23-16-8-6-14(7-9-16)19-13-20-18-12-17(24)10-11-21(18)27-22(26(20)25-19)15-4-2-1-3-5-15/h1-12,20,22H,13H2. The maximum Gasteiger partial charge on any atom is 0.213 e. The van der Waals surface area contributed by atoms with Crippen molar-refractivity contribution in [2.75, 3.05) is 0 Å². The van der Waals surface area contributed by atoms with E-state index in [-0.39, 0.29) is 12.3 Å². The minimum absolute atomic E-state index is 0.0864. The normalized spacial score (nSPS) is 20.5. The molecule has 27 heavy (non-hydrogen) atoms. The first-order valence-corrected chi connectivity index (χ1v) is 9.57. The quantitative estimate of drug-likeness (QED) is 0.513. The molecule has 2 heterocycles. The Morgan fingerprint density at radius 2 is 1.63 bits per heavy atom. The van der Waals surface area contributed by atoms with Gasteiger partial charge in [-0.3, -0.25) is 0 Å². The minimum atomic E-state index is -0.269. The highest BCUT2D eigenvalue weighted by molar-refractivity contribution is 6.31. The highest BCUT2D eigenvalue weighted by Crippen LogP contribution is 2.48. The van der Waals surface area contributed by atoms with Crippen LogP contribution in [0.2, 0.25) is 10.0 Å². The van der Waals surface area contributed by atoms with E-state index in [0.717, 1.165) is 39.6 Å². The van der Waals surface area contributed by atoms with Crippen molar-refractivity contribution >= 4 is 28.9 Å². The molecule has 0 saturated carbocycles. The Hall–Kier alpha value is -2.49. The van der Waals surface area contributed by atoms with Gasteiger partial charge in [0.1, 0.15) is 5.75 Å². The van der Waals surface area contributed by atoms with Gasteiger partial charge in [-0.1, -0.05) is 65.7 Å². The van der Waals surface area contributed by atoms with Crippen molar-refractivity contribution in [3.05, 3.63) is 99.5 Å². The van der Waals surface area contributed by atoms with E-state index < -0.39 is 0 Å². The number of hydrogen-bond acceptors (Lipinski definition) is 3. The van der Waals surface area contributed by atoms with Crippen molar-refractivity contribution in [1.29, 1.82) is 0 Å². The molecular weight excluding hydrogens is 379 g/mol. The van der Waals surface area contributed by atoms with Gasteiger partial charge in [-0.15, -0.1) is 0 Å². The molecule has 0 aromatic heterocycles. The summed E-state index contributed by atoms with van der Waals surface area (Å²) in [6, 6.07) is 23.9. The van der Waals surface area contributed by atoms with E-state index in [0.29, 0.717) is 5.02 Å². The van der Waals surface area contributed by atoms with Crippen LogP contribution < -0.4 is 4.74 Å². The van der Waals surface area contributed by atoms with Crippen LogP contribution >= 0.6 is 23.2 Å². The smallest absolute Gasteiger partial charge is 0.213 e. The van der Waals surface area contributed by atoms with Crippen LogP contribution in [0.15, 0.2) is 77.9 Å². The Balaban J connectivity index is 1.60. The van der Waals surface area contributed by atoms with E-state index in [2.05, 4.69) is 17.1 Å². The molecule has 3 nitrogen and oxygen atoms in total. The van der Waals surface area contributed by atoms with Crippen molar-refractivity contribution in [2.45, 2.75) is 18.7 Å². The van der Waals surface area contributed by atoms with Crippen LogP contribution in [-0.4, -0.2) is 10.7 Å². The Kier molecular flexibility index (Phi) is 4.07. The Bertz CT molecular complexity index is 1020. The largest absolute Gasteiger partial charge is 0.464 e. The van der Waals surface area contributed by atoms with Gasteiger partial charge >= 0.3 is 0 Å². The predicted octanol–water partition coefficient (Wildman–Crippen LogP) is 6.24. The van der Waals surface area contributed by atoms with Crippen molar-refractivity contribution in [1.82, 2.24) is 5.01 Å². The fraction of sp³-hybridized carbons (Fsp3) is 0.136. The number of rotatable bonds is 2. The van der Waals surface area contributed by atoms with Crippen LogP contribution in [0, 0.1) is 0 Å². The van der Waals surface area contributed by atoms with Crippen LogP contribution in [0.3, 0.4) is 0 Å². The second-order valence-corrected chi connectivity index (χ2v) is 7.59. The zero-order valence-electron chi connectivity index (χ0n) is 14.3. The van der Waals surface area contributed by atoms with E-state index in [9.17, 15) is 0 Å². The van der Waals surface area contributed by atoms with Gasteiger partial charge in [0, 0.05) is 27.6 Å². The molecule has 3 aromatic carbocycles. The number of hydrogen-bond donors (Lipinski definition) is 0. The molecular formula is C22H16Cl2N2O. The fourth-order valence-electron chi connectivity index (χ4n) is 3.71. The molecule has 0 spiro atoms. The van der Waals surface area contributed by atoms with Gasteiger partial charge in [-0.2, -0.15) is 5.10 Å². The molecule has 3 aromatic rings. The third-order valence-corrected chi connectivity index (χ3v) is 5.50. The summed E-state index contributed by atoms with van der Waals surface area (Å²) in [5, 5.41) is 8.41. The van der Waals surface area contributed by atoms with Crippen LogP contribution in [0.25, 0.3) is 0 Å². The number of fused-ring (bicyclic) bond motifs is 3. The van der Waals surface area contributed by atoms with Gasteiger partial charge < -0.3 is 4.74 Å². The van der Waals surface area contributed by atoms with Crippen LogP contribution in [0.5, 0.6) is 5.75 Å². The Morgan fingerprint density at radius 3 is 2.41 bits per heavy atom. The van der Waals surface area contributed by atoms with E-state index in [1.807, 2.05) is 60.7 Å². The molecule has 0 aliphatic carbocycles. The molecule has 0 bridgehead atoms. The summed E-state index contributed by atoms with van der Waals surface area (Å²) in [7, 11) is 0. The van der Waals surface area contributed by atoms with E-state index in [1.54, 1.807) is 0 Å². The summed E-state index contributed by atoms with van der Waals surface area (Å²) >= 11 is 12.3. The summed E-state index contributed by atoms with van der Waals surface area (Å²) in [6.07, 6.45) is 0.525. The topological polar surface area (TPSA) is 24.8 Å². The molecule has 2 atom stereocenters. The molecule has 5 rings (SSSR count). The maximum absolute atomic E-state index is 6.33. The average Bonchev–Trinajstić information content (AvgIpc) is 3.14. The average molecular weight is 395 g/mol. The van der Waals surface area contributed by atoms with Crippen LogP contribution in [0.1, 0.15) is 35.4 Å². The monoisotopic (exact) mass is 394 g/mol. The second-order valence-electron chi connectivity index (χ2n) is 6.72. The number of benzene rings is 3. The first-order chi connectivity index (χ1) is 13.2. The Labute approximate surface area is 167 Å². The maximum atomic E-state index is 6.33. The van der Waals surface area contributed by atoms with Gasteiger partial charge in [-0.25, -0.2) is 5.01 Å².